The molecule has 0 fully saturated rings. The summed E-state index contributed by atoms with van der Waals surface area (Å²) < 4.78 is 0. The van der Waals surface area contributed by atoms with E-state index in [0.29, 0.717) is 0 Å². The fraction of sp³-hybridized carbons (Fsp3) is 0. The molecular formula is H13ClO6Tb+3. The van der Waals surface area contributed by atoms with E-state index in [4.69, 9.17) is 0 Å². The van der Waals surface area contributed by atoms with Crippen LogP contribution in [0.5, 0.6) is 0 Å². The van der Waals surface area contributed by atoms with Crippen molar-refractivity contribution in [2.75, 3.05) is 0 Å². The standard InChI is InChI=1S/ClH.6H2O.Tb/h1H;6*1H2;/q;;;;;;;+3. The van der Waals surface area contributed by atoms with E-state index < -0.39 is 0 Å². The molecule has 0 rings (SSSR count). The van der Waals surface area contributed by atoms with Crippen LogP contribution in [0.1, 0.15) is 0 Å². The first-order chi connectivity index (χ1) is 0. The monoisotopic (exact) mass is 303 g/mol. The predicted octanol–water partition coefficient (Wildman–Crippen LogP) is -4.53. The van der Waals surface area contributed by atoms with E-state index in [9.17, 15) is 0 Å². The van der Waals surface area contributed by atoms with E-state index in [1.807, 2.05) is 0 Å². The van der Waals surface area contributed by atoms with E-state index >= 15 is 0 Å². The van der Waals surface area contributed by atoms with Crippen LogP contribution in [0.3, 0.4) is 0 Å². The Kier molecular flexibility index (Phi) is 11400. The molecule has 0 aliphatic carbocycles. The average Bonchev–Trinajstić information content (AvgIpc) is 0. The Hall–Kier alpha value is 1.34. The van der Waals surface area contributed by atoms with Crippen LogP contribution in [0.4, 0.5) is 0 Å². The van der Waals surface area contributed by atoms with Crippen LogP contribution in [0, 0.1) is 38.6 Å². The molecule has 12 N–H and O–H groups in total. The van der Waals surface area contributed by atoms with Gasteiger partial charge in [0, 0.05) is 0 Å². The van der Waals surface area contributed by atoms with E-state index in [-0.39, 0.29) is 83.9 Å². The summed E-state index contributed by atoms with van der Waals surface area (Å²) in [5.41, 5.74) is 0. The maximum Gasteiger partial charge on any atom is 3.00 e. The molecule has 0 bridgehead atoms. The van der Waals surface area contributed by atoms with Crippen molar-refractivity contribution in [3.05, 3.63) is 0 Å². The molecule has 8 heavy (non-hydrogen) atoms. The molecule has 0 atom stereocenters. The van der Waals surface area contributed by atoms with Crippen LogP contribution < -0.4 is 0 Å². The molecule has 0 aromatic rings. The van der Waals surface area contributed by atoms with Gasteiger partial charge in [0.15, 0.2) is 0 Å². The normalized spacial score (nSPS) is 0. The molecule has 6 nitrogen and oxygen atoms in total. The minimum Gasteiger partial charge on any atom is -0.412 e. The van der Waals surface area contributed by atoms with Gasteiger partial charge in [-0.1, -0.05) is 0 Å². The third-order valence-electron chi connectivity index (χ3n) is 0. The van der Waals surface area contributed by atoms with Crippen molar-refractivity contribution >= 4 is 12.4 Å². The first kappa shape index (κ1) is 364. The molecule has 0 unspecified atom stereocenters. The summed E-state index contributed by atoms with van der Waals surface area (Å²) in [5.74, 6) is 0. The van der Waals surface area contributed by atoms with Gasteiger partial charge in [-0.25, -0.2) is 0 Å². The molecule has 0 heterocycles. The van der Waals surface area contributed by atoms with Crippen LogP contribution >= 0.6 is 12.4 Å². The zero-order valence-corrected chi connectivity index (χ0v) is 6.70. The quantitative estimate of drug-likeness (QED) is 0.417. The summed E-state index contributed by atoms with van der Waals surface area (Å²) in [6, 6.07) is 0. The first-order valence-electron chi connectivity index (χ1n) is 0. The van der Waals surface area contributed by atoms with Crippen LogP contribution in [-0.4, -0.2) is 32.9 Å². The summed E-state index contributed by atoms with van der Waals surface area (Å²) >= 11 is 0. The van der Waals surface area contributed by atoms with Gasteiger partial charge in [-0.15, -0.1) is 12.4 Å². The number of rotatable bonds is 0. The second kappa shape index (κ2) is 251. The number of halogens is 1. The second-order valence-electron chi connectivity index (χ2n) is 0. The van der Waals surface area contributed by atoms with E-state index in [0.717, 1.165) is 0 Å². The average molecular weight is 303 g/mol. The maximum absolute atomic E-state index is 0. The van der Waals surface area contributed by atoms with Gasteiger partial charge >= 0.3 is 38.6 Å². The fourth-order valence-corrected chi connectivity index (χ4v) is 0. The van der Waals surface area contributed by atoms with E-state index in [1.54, 1.807) is 0 Å². The molecule has 0 radical (unpaired) electrons. The Morgan fingerprint density at radius 1 is 0.375 bits per heavy atom. The van der Waals surface area contributed by atoms with Crippen molar-refractivity contribution in [3.63, 3.8) is 0 Å². The molecule has 0 amide bonds. The van der Waals surface area contributed by atoms with Crippen molar-refractivity contribution in [2.24, 2.45) is 0 Å². The molecule has 8 heteroatoms. The zero-order chi connectivity index (χ0) is 0. The van der Waals surface area contributed by atoms with Crippen molar-refractivity contribution in [1.29, 1.82) is 0 Å². The molecular weight excluding hydrogens is 290 g/mol. The SMILES string of the molecule is Cl.O.O.O.O.O.O.[Tb+3]. The van der Waals surface area contributed by atoms with Gasteiger partial charge in [-0.2, -0.15) is 0 Å². The molecule has 62 valence electrons. The zero-order valence-electron chi connectivity index (χ0n) is 3.74. The summed E-state index contributed by atoms with van der Waals surface area (Å²) in [4.78, 5) is 0. The largest absolute Gasteiger partial charge is 3.00 e. The van der Waals surface area contributed by atoms with E-state index in [2.05, 4.69) is 0 Å². The Balaban J connectivity index is 0. The number of hydrogen-bond acceptors (Lipinski definition) is 0. The molecule has 0 spiro atoms. The van der Waals surface area contributed by atoms with Crippen LogP contribution in [0.2, 0.25) is 0 Å². The fourth-order valence-electron chi connectivity index (χ4n) is 0. The van der Waals surface area contributed by atoms with Crippen LogP contribution in [0.15, 0.2) is 0 Å². The Bertz CT molecular complexity index is 8.49. The maximum atomic E-state index is 0. The topological polar surface area (TPSA) is 189 Å². The van der Waals surface area contributed by atoms with Crippen molar-refractivity contribution < 1.29 is 71.5 Å². The Labute approximate surface area is 83.3 Å². The minimum atomic E-state index is 0. The molecule has 0 saturated heterocycles. The smallest absolute Gasteiger partial charge is 0.412 e. The van der Waals surface area contributed by atoms with Gasteiger partial charge in [0.1, 0.15) is 0 Å². The third-order valence-corrected chi connectivity index (χ3v) is 0. The van der Waals surface area contributed by atoms with Gasteiger partial charge in [0.25, 0.3) is 0 Å². The Morgan fingerprint density at radius 3 is 0.375 bits per heavy atom. The van der Waals surface area contributed by atoms with Gasteiger partial charge in [0.2, 0.25) is 0 Å². The second-order valence-corrected chi connectivity index (χ2v) is 0. The predicted molar refractivity (Wildman–Crippen MR) is 28.9 cm³/mol. The molecule has 0 aromatic heterocycles. The summed E-state index contributed by atoms with van der Waals surface area (Å²) in [5, 5.41) is 0. The van der Waals surface area contributed by atoms with Gasteiger partial charge in [0.05, 0.1) is 0 Å². The summed E-state index contributed by atoms with van der Waals surface area (Å²) in [6.45, 7) is 0. The Morgan fingerprint density at radius 2 is 0.375 bits per heavy atom. The van der Waals surface area contributed by atoms with Crippen LogP contribution in [-0.2, 0) is 0 Å². The molecule has 0 aromatic carbocycles. The summed E-state index contributed by atoms with van der Waals surface area (Å²) in [7, 11) is 0. The van der Waals surface area contributed by atoms with Crippen LogP contribution in [0.25, 0.3) is 0 Å². The summed E-state index contributed by atoms with van der Waals surface area (Å²) in [6.07, 6.45) is 0. The third kappa shape index (κ3) is 165. The minimum absolute atomic E-state index is 0. The van der Waals surface area contributed by atoms with Crippen molar-refractivity contribution in [2.45, 2.75) is 0 Å². The van der Waals surface area contributed by atoms with Gasteiger partial charge in [-0.3, -0.25) is 0 Å². The molecule has 0 aliphatic rings. The van der Waals surface area contributed by atoms with Crippen molar-refractivity contribution in [3.8, 4) is 0 Å². The molecule has 0 saturated carbocycles. The van der Waals surface area contributed by atoms with Crippen molar-refractivity contribution in [1.82, 2.24) is 0 Å². The van der Waals surface area contributed by atoms with Gasteiger partial charge < -0.3 is 32.9 Å². The first-order valence-corrected chi connectivity index (χ1v) is 0. The number of hydrogen-bond donors (Lipinski definition) is 0. The van der Waals surface area contributed by atoms with Gasteiger partial charge in [-0.05, 0) is 0 Å². The van der Waals surface area contributed by atoms with E-state index in [1.165, 1.54) is 0 Å². The molecule has 0 aliphatic heterocycles.